The second kappa shape index (κ2) is 6.59. The van der Waals surface area contributed by atoms with Crippen LogP contribution in [0.3, 0.4) is 0 Å². The first-order chi connectivity index (χ1) is 11.8. The van der Waals surface area contributed by atoms with Crippen LogP contribution in [-0.4, -0.2) is 28.0 Å². The van der Waals surface area contributed by atoms with Crippen LogP contribution in [0.4, 0.5) is 5.82 Å². The molecule has 0 spiro atoms. The van der Waals surface area contributed by atoms with Crippen LogP contribution < -0.4 is 10.6 Å². The molecule has 0 saturated heterocycles. The Kier molecular flexibility index (Phi) is 4.15. The van der Waals surface area contributed by atoms with Gasteiger partial charge in [0.1, 0.15) is 11.5 Å². The second-order valence-electron chi connectivity index (χ2n) is 6.70. The van der Waals surface area contributed by atoms with Gasteiger partial charge in [-0.2, -0.15) is 0 Å². The normalized spacial score (nSPS) is 17.7. The summed E-state index contributed by atoms with van der Waals surface area (Å²) in [6.07, 6.45) is 6.84. The highest BCUT2D eigenvalue weighted by molar-refractivity contribution is 5.93. The van der Waals surface area contributed by atoms with Crippen molar-refractivity contribution >= 4 is 11.7 Å². The van der Waals surface area contributed by atoms with Crippen molar-refractivity contribution in [3.8, 4) is 11.4 Å². The van der Waals surface area contributed by atoms with Crippen LogP contribution in [0.25, 0.3) is 11.4 Å². The number of nitrogens with zero attached hydrogens (tertiary/aromatic N) is 2. The molecular weight excluding hydrogens is 300 g/mol. The van der Waals surface area contributed by atoms with Crippen molar-refractivity contribution in [2.24, 2.45) is 0 Å². The molecule has 1 heterocycles. The standard InChI is InChI=1S/C19H22N4O/c24-19(21-14-8-4-5-9-14)16-12-17(20-15-10-11-15)23-18(22-16)13-6-2-1-3-7-13/h1-3,6-7,12,14-15H,4-5,8-11H2,(H,21,24)(H,20,22,23). The van der Waals surface area contributed by atoms with E-state index in [9.17, 15) is 4.79 Å². The van der Waals surface area contributed by atoms with Gasteiger partial charge >= 0.3 is 0 Å². The summed E-state index contributed by atoms with van der Waals surface area (Å²) < 4.78 is 0. The monoisotopic (exact) mass is 322 g/mol. The van der Waals surface area contributed by atoms with Crippen LogP contribution in [0.1, 0.15) is 49.0 Å². The fourth-order valence-corrected chi connectivity index (χ4v) is 3.12. The molecule has 5 nitrogen and oxygen atoms in total. The van der Waals surface area contributed by atoms with E-state index in [1.807, 2.05) is 30.3 Å². The Labute approximate surface area is 141 Å². The van der Waals surface area contributed by atoms with Crippen LogP contribution in [0.15, 0.2) is 36.4 Å². The van der Waals surface area contributed by atoms with Crippen molar-refractivity contribution in [3.05, 3.63) is 42.1 Å². The van der Waals surface area contributed by atoms with E-state index in [1.165, 1.54) is 12.8 Å². The highest BCUT2D eigenvalue weighted by Gasteiger charge is 2.24. The van der Waals surface area contributed by atoms with Gasteiger partial charge in [0, 0.05) is 23.7 Å². The summed E-state index contributed by atoms with van der Waals surface area (Å²) >= 11 is 0. The summed E-state index contributed by atoms with van der Waals surface area (Å²) in [5.74, 6) is 1.24. The van der Waals surface area contributed by atoms with E-state index in [4.69, 9.17) is 0 Å². The number of carbonyl (C=O) groups is 1. The van der Waals surface area contributed by atoms with Crippen molar-refractivity contribution in [2.45, 2.75) is 50.6 Å². The summed E-state index contributed by atoms with van der Waals surface area (Å²) in [4.78, 5) is 21.7. The Balaban J connectivity index is 1.62. The van der Waals surface area contributed by atoms with E-state index in [1.54, 1.807) is 6.07 Å². The SMILES string of the molecule is O=C(NC1CCCC1)c1cc(NC2CC2)nc(-c2ccccc2)n1. The minimum Gasteiger partial charge on any atom is -0.367 e. The maximum absolute atomic E-state index is 12.6. The van der Waals surface area contributed by atoms with Crippen LogP contribution in [0.2, 0.25) is 0 Å². The zero-order chi connectivity index (χ0) is 16.4. The molecule has 2 aliphatic rings. The van der Waals surface area contributed by atoms with Gasteiger partial charge in [0.05, 0.1) is 0 Å². The van der Waals surface area contributed by atoms with Crippen molar-refractivity contribution < 1.29 is 4.79 Å². The molecule has 124 valence electrons. The molecule has 2 aliphatic carbocycles. The molecule has 0 atom stereocenters. The van der Waals surface area contributed by atoms with E-state index in [0.717, 1.165) is 37.1 Å². The third-order valence-corrected chi connectivity index (χ3v) is 4.61. The second-order valence-corrected chi connectivity index (χ2v) is 6.70. The number of aromatic nitrogens is 2. The molecule has 4 rings (SSSR count). The lowest BCUT2D eigenvalue weighted by atomic mass is 10.2. The average molecular weight is 322 g/mol. The van der Waals surface area contributed by atoms with E-state index in [0.29, 0.717) is 17.6 Å². The topological polar surface area (TPSA) is 66.9 Å². The number of nitrogens with one attached hydrogen (secondary N) is 2. The van der Waals surface area contributed by atoms with Gasteiger partial charge in [-0.25, -0.2) is 9.97 Å². The number of carbonyl (C=O) groups excluding carboxylic acids is 1. The predicted molar refractivity (Wildman–Crippen MR) is 93.8 cm³/mol. The first-order valence-corrected chi connectivity index (χ1v) is 8.80. The van der Waals surface area contributed by atoms with Crippen LogP contribution >= 0.6 is 0 Å². The number of anilines is 1. The van der Waals surface area contributed by atoms with E-state index < -0.39 is 0 Å². The molecule has 2 N–H and O–H groups in total. The van der Waals surface area contributed by atoms with Gasteiger partial charge in [0.15, 0.2) is 5.82 Å². The Morgan fingerprint density at radius 1 is 0.958 bits per heavy atom. The summed E-state index contributed by atoms with van der Waals surface area (Å²) in [5, 5.41) is 6.50. The Bertz CT molecular complexity index is 721. The highest BCUT2D eigenvalue weighted by Crippen LogP contribution is 2.26. The highest BCUT2D eigenvalue weighted by atomic mass is 16.1. The first kappa shape index (κ1) is 15.1. The molecule has 1 aromatic heterocycles. The predicted octanol–water partition coefficient (Wildman–Crippen LogP) is 3.39. The average Bonchev–Trinajstić information content (AvgIpc) is 3.28. The summed E-state index contributed by atoms with van der Waals surface area (Å²) in [7, 11) is 0. The third kappa shape index (κ3) is 3.55. The number of amides is 1. The van der Waals surface area contributed by atoms with Gasteiger partial charge in [-0.15, -0.1) is 0 Å². The Hall–Kier alpha value is -2.43. The molecule has 0 unspecified atom stereocenters. The minimum absolute atomic E-state index is 0.0969. The fraction of sp³-hybridized carbons (Fsp3) is 0.421. The molecule has 2 saturated carbocycles. The third-order valence-electron chi connectivity index (χ3n) is 4.61. The fourth-order valence-electron chi connectivity index (χ4n) is 3.12. The molecular formula is C19H22N4O. The van der Waals surface area contributed by atoms with Crippen LogP contribution in [0.5, 0.6) is 0 Å². The first-order valence-electron chi connectivity index (χ1n) is 8.80. The molecule has 24 heavy (non-hydrogen) atoms. The van der Waals surface area contributed by atoms with E-state index in [2.05, 4.69) is 20.6 Å². The van der Waals surface area contributed by atoms with E-state index >= 15 is 0 Å². The number of hydrogen-bond acceptors (Lipinski definition) is 4. The number of benzene rings is 1. The molecule has 1 aromatic carbocycles. The van der Waals surface area contributed by atoms with Crippen LogP contribution in [0, 0.1) is 0 Å². The summed E-state index contributed by atoms with van der Waals surface area (Å²) in [6, 6.07) is 12.3. The van der Waals surface area contributed by atoms with Crippen LogP contribution in [-0.2, 0) is 0 Å². The van der Waals surface area contributed by atoms with Gasteiger partial charge in [0.2, 0.25) is 0 Å². The van der Waals surface area contributed by atoms with Crippen molar-refractivity contribution in [1.82, 2.24) is 15.3 Å². The molecule has 5 heteroatoms. The quantitative estimate of drug-likeness (QED) is 0.885. The van der Waals surface area contributed by atoms with Gasteiger partial charge in [0.25, 0.3) is 5.91 Å². The molecule has 0 radical (unpaired) electrons. The zero-order valence-electron chi connectivity index (χ0n) is 13.7. The van der Waals surface area contributed by atoms with Gasteiger partial charge in [-0.05, 0) is 25.7 Å². The zero-order valence-corrected chi connectivity index (χ0v) is 13.7. The molecule has 2 aromatic rings. The molecule has 1 amide bonds. The summed E-state index contributed by atoms with van der Waals surface area (Å²) in [5.41, 5.74) is 1.37. The lowest BCUT2D eigenvalue weighted by Crippen LogP contribution is -2.33. The molecule has 0 bridgehead atoms. The summed E-state index contributed by atoms with van der Waals surface area (Å²) in [6.45, 7) is 0. The molecule has 2 fully saturated rings. The smallest absolute Gasteiger partial charge is 0.270 e. The largest absolute Gasteiger partial charge is 0.367 e. The lowest BCUT2D eigenvalue weighted by molar-refractivity contribution is 0.0933. The molecule has 0 aliphatic heterocycles. The van der Waals surface area contributed by atoms with Crippen molar-refractivity contribution in [1.29, 1.82) is 0 Å². The maximum Gasteiger partial charge on any atom is 0.270 e. The Morgan fingerprint density at radius 2 is 1.71 bits per heavy atom. The number of hydrogen-bond donors (Lipinski definition) is 2. The van der Waals surface area contributed by atoms with Crippen molar-refractivity contribution in [2.75, 3.05) is 5.32 Å². The van der Waals surface area contributed by atoms with E-state index in [-0.39, 0.29) is 11.9 Å². The van der Waals surface area contributed by atoms with Gasteiger partial charge in [-0.1, -0.05) is 43.2 Å². The maximum atomic E-state index is 12.6. The lowest BCUT2D eigenvalue weighted by Gasteiger charge is -2.13. The van der Waals surface area contributed by atoms with Gasteiger partial charge in [-0.3, -0.25) is 4.79 Å². The number of rotatable bonds is 5. The van der Waals surface area contributed by atoms with Crippen molar-refractivity contribution in [3.63, 3.8) is 0 Å². The Morgan fingerprint density at radius 3 is 2.42 bits per heavy atom. The minimum atomic E-state index is -0.0969. The van der Waals surface area contributed by atoms with Gasteiger partial charge < -0.3 is 10.6 Å².